The molecule has 3 N–H and O–H groups in total. The van der Waals surface area contributed by atoms with Gasteiger partial charge < -0.3 is 20.3 Å². The first kappa shape index (κ1) is 16.3. The summed E-state index contributed by atoms with van der Waals surface area (Å²) >= 11 is 0. The van der Waals surface area contributed by atoms with Crippen molar-refractivity contribution in [3.8, 4) is 11.5 Å². The number of aliphatic hydroxyl groups excluding tert-OH is 1. The predicted octanol–water partition coefficient (Wildman–Crippen LogP) is 1.53. The van der Waals surface area contributed by atoms with Gasteiger partial charge >= 0.3 is 0 Å². The number of nitrogens with one attached hydrogen (secondary N) is 1. The third kappa shape index (κ3) is 2.25. The van der Waals surface area contributed by atoms with E-state index in [1.165, 1.54) is 7.11 Å². The highest BCUT2D eigenvalue weighted by atomic mass is 16.5. The second kappa shape index (κ2) is 5.80. The van der Waals surface area contributed by atoms with E-state index in [9.17, 15) is 15.0 Å². The van der Waals surface area contributed by atoms with Crippen molar-refractivity contribution in [2.24, 2.45) is 5.92 Å². The van der Waals surface area contributed by atoms with Crippen molar-refractivity contribution >= 4 is 5.78 Å². The average Bonchev–Trinajstić information content (AvgIpc) is 2.55. The van der Waals surface area contributed by atoms with E-state index < -0.39 is 11.5 Å². The molecule has 1 saturated carbocycles. The van der Waals surface area contributed by atoms with Crippen LogP contribution in [0.4, 0.5) is 0 Å². The molecule has 0 bridgehead atoms. The second-order valence-corrected chi connectivity index (χ2v) is 6.76. The molecule has 0 amide bonds. The van der Waals surface area contributed by atoms with Crippen molar-refractivity contribution in [3.05, 3.63) is 23.3 Å². The van der Waals surface area contributed by atoms with E-state index in [1.807, 2.05) is 13.1 Å². The van der Waals surface area contributed by atoms with Gasteiger partial charge in [0.15, 0.2) is 17.3 Å². The van der Waals surface area contributed by atoms with Crippen LogP contribution in [0.1, 0.15) is 37.3 Å². The van der Waals surface area contributed by atoms with Gasteiger partial charge in [0.25, 0.3) is 0 Å². The molecular weight excluding hydrogens is 294 g/mol. The first-order chi connectivity index (χ1) is 11.0. The van der Waals surface area contributed by atoms with Crippen LogP contribution in [0.5, 0.6) is 11.5 Å². The molecule has 23 heavy (non-hydrogen) atoms. The van der Waals surface area contributed by atoms with Crippen LogP contribution >= 0.6 is 0 Å². The topological polar surface area (TPSA) is 78.8 Å². The van der Waals surface area contributed by atoms with E-state index in [4.69, 9.17) is 4.74 Å². The van der Waals surface area contributed by atoms with Gasteiger partial charge in [0.1, 0.15) is 6.10 Å². The average molecular weight is 319 g/mol. The Bertz CT molecular complexity index is 630. The zero-order valence-electron chi connectivity index (χ0n) is 13.9. The van der Waals surface area contributed by atoms with E-state index in [0.717, 1.165) is 24.0 Å². The SMILES string of the molecule is CC[C@@]12CC(=O)C(O)C[C@@H]1C(NC)Cc1ccc(OC)c(O)c12. The lowest BCUT2D eigenvalue weighted by atomic mass is 9.53. The summed E-state index contributed by atoms with van der Waals surface area (Å²) in [6.45, 7) is 2.05. The maximum atomic E-state index is 12.3. The molecule has 1 aromatic carbocycles. The molecule has 5 nitrogen and oxygen atoms in total. The summed E-state index contributed by atoms with van der Waals surface area (Å²) in [6, 6.07) is 3.95. The van der Waals surface area contributed by atoms with Gasteiger partial charge in [0.2, 0.25) is 0 Å². The van der Waals surface area contributed by atoms with Crippen molar-refractivity contribution in [1.82, 2.24) is 5.32 Å². The molecule has 1 aromatic rings. The Morgan fingerprint density at radius 3 is 2.78 bits per heavy atom. The van der Waals surface area contributed by atoms with Gasteiger partial charge in [-0.25, -0.2) is 0 Å². The van der Waals surface area contributed by atoms with Crippen molar-refractivity contribution < 1.29 is 19.7 Å². The highest BCUT2D eigenvalue weighted by Gasteiger charge is 2.54. The highest BCUT2D eigenvalue weighted by molar-refractivity contribution is 5.86. The number of carbonyl (C=O) groups is 1. The van der Waals surface area contributed by atoms with Crippen molar-refractivity contribution in [2.45, 2.75) is 50.2 Å². The Labute approximate surface area is 136 Å². The van der Waals surface area contributed by atoms with Crippen LogP contribution < -0.4 is 10.1 Å². The zero-order valence-corrected chi connectivity index (χ0v) is 13.9. The molecule has 3 rings (SSSR count). The Hall–Kier alpha value is -1.59. The number of carbonyl (C=O) groups excluding carboxylic acids is 1. The van der Waals surface area contributed by atoms with Crippen LogP contribution in [0.15, 0.2) is 12.1 Å². The number of fused-ring (bicyclic) bond motifs is 3. The number of likely N-dealkylation sites (N-methyl/N-ethyl adjacent to an activating group) is 1. The number of methoxy groups -OCH3 is 1. The van der Waals surface area contributed by atoms with Crippen LogP contribution in [0.2, 0.25) is 0 Å². The molecule has 0 saturated heterocycles. The van der Waals surface area contributed by atoms with Crippen LogP contribution in [0, 0.1) is 5.92 Å². The molecule has 4 atom stereocenters. The maximum Gasteiger partial charge on any atom is 0.162 e. The molecule has 2 unspecified atom stereocenters. The van der Waals surface area contributed by atoms with Gasteiger partial charge in [-0.3, -0.25) is 4.79 Å². The maximum absolute atomic E-state index is 12.3. The Balaban J connectivity index is 2.23. The predicted molar refractivity (Wildman–Crippen MR) is 86.9 cm³/mol. The van der Waals surface area contributed by atoms with Gasteiger partial charge in [0.05, 0.1) is 7.11 Å². The lowest BCUT2D eigenvalue weighted by Crippen LogP contribution is -2.57. The summed E-state index contributed by atoms with van der Waals surface area (Å²) in [6.07, 6.45) is 1.32. The minimum atomic E-state index is -0.898. The molecule has 0 aliphatic heterocycles. The first-order valence-electron chi connectivity index (χ1n) is 8.25. The van der Waals surface area contributed by atoms with Crippen molar-refractivity contribution in [1.29, 1.82) is 0 Å². The number of aliphatic hydroxyl groups is 1. The summed E-state index contributed by atoms with van der Waals surface area (Å²) in [5, 5.41) is 24.2. The zero-order chi connectivity index (χ0) is 16.8. The Morgan fingerprint density at radius 1 is 1.43 bits per heavy atom. The molecule has 0 heterocycles. The highest BCUT2D eigenvalue weighted by Crippen LogP contribution is 2.55. The fourth-order valence-corrected chi connectivity index (χ4v) is 4.73. The van der Waals surface area contributed by atoms with Gasteiger partial charge in [-0.15, -0.1) is 0 Å². The summed E-state index contributed by atoms with van der Waals surface area (Å²) in [5.74, 6) is 0.566. The monoisotopic (exact) mass is 319 g/mol. The van der Waals surface area contributed by atoms with Crippen LogP contribution in [0.3, 0.4) is 0 Å². The molecule has 0 spiro atoms. The van der Waals surface area contributed by atoms with Crippen LogP contribution in [-0.2, 0) is 16.6 Å². The Morgan fingerprint density at radius 2 is 2.17 bits per heavy atom. The third-order valence-corrected chi connectivity index (χ3v) is 5.92. The lowest BCUT2D eigenvalue weighted by Gasteiger charge is -2.52. The lowest BCUT2D eigenvalue weighted by molar-refractivity contribution is -0.135. The van der Waals surface area contributed by atoms with E-state index in [1.54, 1.807) is 6.07 Å². The standard InChI is InChI=1S/C18H25NO4/c1-4-18-9-14(21)13(20)8-11(18)12(19-2)7-10-5-6-15(23-3)17(22)16(10)18/h5-6,11-13,19-20,22H,4,7-9H2,1-3H3/t11-,12?,13?,18-/m1/s1. The molecule has 0 radical (unpaired) electrons. The number of hydrogen-bond donors (Lipinski definition) is 3. The van der Waals surface area contributed by atoms with Crippen LogP contribution in [0.25, 0.3) is 0 Å². The van der Waals surface area contributed by atoms with Crippen LogP contribution in [-0.4, -0.2) is 42.3 Å². The third-order valence-electron chi connectivity index (χ3n) is 5.92. The van der Waals surface area contributed by atoms with E-state index in [2.05, 4.69) is 12.2 Å². The molecule has 5 heteroatoms. The van der Waals surface area contributed by atoms with E-state index in [0.29, 0.717) is 12.2 Å². The molecule has 0 aromatic heterocycles. The minimum Gasteiger partial charge on any atom is -0.504 e. The molecule has 126 valence electrons. The first-order valence-corrected chi connectivity index (χ1v) is 8.25. The van der Waals surface area contributed by atoms with Gasteiger partial charge in [-0.1, -0.05) is 13.0 Å². The summed E-state index contributed by atoms with van der Waals surface area (Å²) in [5.41, 5.74) is 1.46. The number of phenols is 1. The van der Waals surface area contributed by atoms with Gasteiger partial charge in [-0.05, 0) is 43.9 Å². The molecule has 2 aliphatic carbocycles. The van der Waals surface area contributed by atoms with Gasteiger partial charge in [-0.2, -0.15) is 0 Å². The number of phenolic OH excluding ortho intramolecular Hbond substituents is 1. The smallest absolute Gasteiger partial charge is 0.162 e. The minimum absolute atomic E-state index is 0.107. The number of Topliss-reactive ketones (excluding diaryl/α,β-unsaturated/α-hetero) is 1. The number of ketones is 1. The quantitative estimate of drug-likeness (QED) is 0.787. The summed E-state index contributed by atoms with van der Waals surface area (Å²) < 4.78 is 5.28. The number of ether oxygens (including phenoxy) is 1. The van der Waals surface area contributed by atoms with Crippen molar-refractivity contribution in [3.63, 3.8) is 0 Å². The molecule has 1 fully saturated rings. The molecular formula is C18H25NO4. The fraction of sp³-hybridized carbons (Fsp3) is 0.611. The van der Waals surface area contributed by atoms with Gasteiger partial charge in [0, 0.05) is 23.4 Å². The van der Waals surface area contributed by atoms with Crippen molar-refractivity contribution in [2.75, 3.05) is 14.2 Å². The largest absolute Gasteiger partial charge is 0.504 e. The second-order valence-electron chi connectivity index (χ2n) is 6.76. The molecule has 2 aliphatic rings. The fourth-order valence-electron chi connectivity index (χ4n) is 4.73. The normalized spacial score (nSPS) is 33.0. The summed E-state index contributed by atoms with van der Waals surface area (Å²) in [4.78, 5) is 12.3. The number of hydrogen-bond acceptors (Lipinski definition) is 5. The number of benzene rings is 1. The number of aromatic hydroxyl groups is 1. The summed E-state index contributed by atoms with van der Waals surface area (Å²) in [7, 11) is 3.45. The van der Waals surface area contributed by atoms with E-state index in [-0.39, 0.29) is 29.9 Å². The van der Waals surface area contributed by atoms with E-state index >= 15 is 0 Å². The Kier molecular flexibility index (Phi) is 4.10. The number of rotatable bonds is 3.